The number of hydrogen-bond acceptors (Lipinski definition) is 4. The van der Waals surface area contributed by atoms with Crippen molar-refractivity contribution in [3.63, 3.8) is 0 Å². The number of esters is 1. The second-order valence-electron chi connectivity index (χ2n) is 6.42. The van der Waals surface area contributed by atoms with Gasteiger partial charge in [0.2, 0.25) is 0 Å². The highest BCUT2D eigenvalue weighted by molar-refractivity contribution is 6.09. The number of rotatable bonds is 2. The number of alkyl halides is 3. The molecule has 2 heterocycles. The van der Waals surface area contributed by atoms with E-state index in [-0.39, 0.29) is 5.69 Å². The summed E-state index contributed by atoms with van der Waals surface area (Å²) in [6.45, 7) is 0. The summed E-state index contributed by atoms with van der Waals surface area (Å²) in [4.78, 5) is 19.4. The smallest absolute Gasteiger partial charge is 0.430 e. The zero-order chi connectivity index (χ0) is 19.9. The maximum atomic E-state index is 13.9. The molecular weight excluding hydrogens is 371 g/mol. The van der Waals surface area contributed by atoms with Gasteiger partial charge in [-0.3, -0.25) is 4.79 Å². The Morgan fingerprint density at radius 1 is 1.11 bits per heavy atom. The fourth-order valence-corrected chi connectivity index (χ4v) is 3.52. The van der Waals surface area contributed by atoms with E-state index in [1.807, 2.05) is 12.1 Å². The molecule has 0 spiro atoms. The van der Waals surface area contributed by atoms with Gasteiger partial charge in [-0.05, 0) is 18.2 Å². The molecule has 2 aromatic carbocycles. The first-order valence-corrected chi connectivity index (χ1v) is 8.55. The van der Waals surface area contributed by atoms with Gasteiger partial charge >= 0.3 is 12.1 Å². The summed E-state index contributed by atoms with van der Waals surface area (Å²) in [6.07, 6.45) is -3.19. The van der Waals surface area contributed by atoms with E-state index in [9.17, 15) is 18.0 Å². The summed E-state index contributed by atoms with van der Waals surface area (Å²) in [5.41, 5.74) is 0.620. The van der Waals surface area contributed by atoms with Gasteiger partial charge in [-0.15, -0.1) is 0 Å². The van der Waals surface area contributed by atoms with Gasteiger partial charge in [0, 0.05) is 22.7 Å². The third-order valence-electron chi connectivity index (χ3n) is 4.79. The summed E-state index contributed by atoms with van der Waals surface area (Å²) in [7, 11) is 1.07. The van der Waals surface area contributed by atoms with Gasteiger partial charge in [0.05, 0.1) is 24.5 Å². The molecule has 1 aliphatic rings. The van der Waals surface area contributed by atoms with Crippen molar-refractivity contribution >= 4 is 34.0 Å². The van der Waals surface area contributed by atoms with Crippen LogP contribution in [0.4, 0.5) is 24.5 Å². The summed E-state index contributed by atoms with van der Waals surface area (Å²) in [6, 6.07) is 12.6. The summed E-state index contributed by atoms with van der Waals surface area (Å²) < 4.78 is 46.5. The molecule has 0 amide bonds. The molecule has 0 unspecified atom stereocenters. The van der Waals surface area contributed by atoms with E-state index in [1.165, 1.54) is 6.07 Å². The third-order valence-corrected chi connectivity index (χ3v) is 4.79. The van der Waals surface area contributed by atoms with Crippen molar-refractivity contribution in [1.29, 1.82) is 0 Å². The lowest BCUT2D eigenvalue weighted by Gasteiger charge is -2.27. The Hall–Kier alpha value is -3.29. The van der Waals surface area contributed by atoms with Crippen LogP contribution < -0.4 is 5.32 Å². The molecule has 0 fully saturated rings. The van der Waals surface area contributed by atoms with Crippen LogP contribution in [0.3, 0.4) is 0 Å². The SMILES string of the molecule is COC(=O)[C@H]1C(C(F)(F)F)=Nc2ccccc2N[C@H]1c1c[nH]c2ccccc12. The second kappa shape index (κ2) is 6.70. The number of aromatic amines is 1. The number of H-pyrrole nitrogens is 1. The molecule has 3 aromatic rings. The number of para-hydroxylation sites is 3. The third kappa shape index (κ3) is 3.00. The minimum absolute atomic E-state index is 0.117. The molecule has 8 heteroatoms. The summed E-state index contributed by atoms with van der Waals surface area (Å²) >= 11 is 0. The highest BCUT2D eigenvalue weighted by Gasteiger charge is 2.50. The summed E-state index contributed by atoms with van der Waals surface area (Å²) in [5.74, 6) is -2.68. The number of methoxy groups -OCH3 is 1. The van der Waals surface area contributed by atoms with Crippen molar-refractivity contribution in [3.8, 4) is 0 Å². The van der Waals surface area contributed by atoms with Gasteiger partial charge in [-0.25, -0.2) is 4.99 Å². The van der Waals surface area contributed by atoms with Gasteiger partial charge in [-0.1, -0.05) is 30.3 Å². The van der Waals surface area contributed by atoms with Gasteiger partial charge < -0.3 is 15.0 Å². The van der Waals surface area contributed by atoms with E-state index in [4.69, 9.17) is 4.74 Å². The predicted molar refractivity (Wildman–Crippen MR) is 99.8 cm³/mol. The first-order chi connectivity index (χ1) is 13.4. The fraction of sp³-hybridized carbons (Fsp3) is 0.200. The number of aliphatic imine (C=N–C) groups is 1. The van der Waals surface area contributed by atoms with E-state index in [1.54, 1.807) is 36.5 Å². The average molecular weight is 387 g/mol. The average Bonchev–Trinajstić information content (AvgIpc) is 3.01. The Labute approximate surface area is 158 Å². The molecule has 4 rings (SSSR count). The van der Waals surface area contributed by atoms with Crippen LogP contribution in [0.2, 0.25) is 0 Å². The van der Waals surface area contributed by atoms with Crippen molar-refractivity contribution in [2.24, 2.45) is 10.9 Å². The lowest BCUT2D eigenvalue weighted by atomic mass is 9.88. The van der Waals surface area contributed by atoms with Crippen LogP contribution in [0.5, 0.6) is 0 Å². The van der Waals surface area contributed by atoms with E-state index in [0.29, 0.717) is 11.3 Å². The lowest BCUT2D eigenvalue weighted by molar-refractivity contribution is -0.145. The zero-order valence-electron chi connectivity index (χ0n) is 14.7. The molecule has 28 heavy (non-hydrogen) atoms. The number of benzene rings is 2. The molecule has 144 valence electrons. The van der Waals surface area contributed by atoms with E-state index in [0.717, 1.165) is 18.0 Å². The minimum Gasteiger partial charge on any atom is -0.468 e. The highest BCUT2D eigenvalue weighted by atomic mass is 19.4. The summed E-state index contributed by atoms with van der Waals surface area (Å²) in [5, 5.41) is 3.80. The Balaban J connectivity index is 1.97. The maximum absolute atomic E-state index is 13.9. The van der Waals surface area contributed by atoms with Crippen molar-refractivity contribution in [1.82, 2.24) is 4.98 Å². The first kappa shape index (κ1) is 18.1. The number of carbonyl (C=O) groups excluding carboxylic acids is 1. The molecule has 0 bridgehead atoms. The number of carbonyl (C=O) groups is 1. The number of fused-ring (bicyclic) bond motifs is 2. The maximum Gasteiger partial charge on any atom is 0.430 e. The van der Waals surface area contributed by atoms with E-state index >= 15 is 0 Å². The van der Waals surface area contributed by atoms with Crippen molar-refractivity contribution in [2.45, 2.75) is 12.2 Å². The fourth-order valence-electron chi connectivity index (χ4n) is 3.52. The van der Waals surface area contributed by atoms with Gasteiger partial charge in [-0.2, -0.15) is 13.2 Å². The molecule has 0 aliphatic carbocycles. The van der Waals surface area contributed by atoms with Crippen LogP contribution in [-0.2, 0) is 9.53 Å². The van der Waals surface area contributed by atoms with Crippen LogP contribution in [0, 0.1) is 5.92 Å². The first-order valence-electron chi connectivity index (χ1n) is 8.55. The normalized spacial score (nSPS) is 19.4. The van der Waals surface area contributed by atoms with Crippen molar-refractivity contribution in [2.75, 3.05) is 12.4 Å². The predicted octanol–water partition coefficient (Wildman–Crippen LogP) is 4.76. The quantitative estimate of drug-likeness (QED) is 0.623. The van der Waals surface area contributed by atoms with E-state index < -0.39 is 29.8 Å². The van der Waals surface area contributed by atoms with Gasteiger partial charge in [0.25, 0.3) is 0 Å². The Morgan fingerprint density at radius 2 is 1.82 bits per heavy atom. The molecule has 5 nitrogen and oxygen atoms in total. The van der Waals surface area contributed by atoms with Crippen LogP contribution in [0.15, 0.2) is 59.7 Å². The molecule has 0 saturated heterocycles. The van der Waals surface area contributed by atoms with Crippen molar-refractivity contribution < 1.29 is 22.7 Å². The minimum atomic E-state index is -4.80. The number of ether oxygens (including phenoxy) is 1. The van der Waals surface area contributed by atoms with Crippen molar-refractivity contribution in [3.05, 3.63) is 60.3 Å². The number of nitrogens with zero attached hydrogens (tertiary/aromatic N) is 1. The number of anilines is 1. The topological polar surface area (TPSA) is 66.5 Å². The monoisotopic (exact) mass is 387 g/mol. The lowest BCUT2D eigenvalue weighted by Crippen LogP contribution is -2.41. The Bertz CT molecular complexity index is 1070. The molecule has 2 N–H and O–H groups in total. The molecular formula is C20H16F3N3O2. The van der Waals surface area contributed by atoms with Crippen LogP contribution in [-0.4, -0.2) is 30.0 Å². The number of nitrogens with one attached hydrogen (secondary N) is 2. The number of aromatic nitrogens is 1. The molecule has 0 saturated carbocycles. The number of hydrogen-bond donors (Lipinski definition) is 2. The Morgan fingerprint density at radius 3 is 2.57 bits per heavy atom. The van der Waals surface area contributed by atoms with Gasteiger partial charge in [0.15, 0.2) is 0 Å². The largest absolute Gasteiger partial charge is 0.468 e. The number of halogens is 3. The molecule has 2 atom stereocenters. The standard InChI is InChI=1S/C20H16F3N3O2/c1-28-19(27)16-17(12-10-24-13-7-3-2-6-11(12)13)25-14-8-4-5-9-15(14)26-18(16)20(21,22)23/h2-10,16-17,24-25H,1H3/t16-,17+/m1/s1. The molecule has 1 aliphatic heterocycles. The van der Waals surface area contributed by atoms with Crippen LogP contribution in [0.25, 0.3) is 10.9 Å². The molecule has 1 aromatic heterocycles. The highest BCUT2D eigenvalue weighted by Crippen LogP contribution is 2.42. The zero-order valence-corrected chi connectivity index (χ0v) is 14.7. The van der Waals surface area contributed by atoms with Gasteiger partial charge in [0.1, 0.15) is 11.6 Å². The van der Waals surface area contributed by atoms with Crippen LogP contribution in [0.1, 0.15) is 11.6 Å². The Kier molecular flexibility index (Phi) is 4.33. The van der Waals surface area contributed by atoms with E-state index in [2.05, 4.69) is 15.3 Å². The molecule has 0 radical (unpaired) electrons. The second-order valence-corrected chi connectivity index (χ2v) is 6.42. The van der Waals surface area contributed by atoms with Crippen LogP contribution >= 0.6 is 0 Å².